The van der Waals surface area contributed by atoms with Crippen molar-refractivity contribution in [3.63, 3.8) is 0 Å². The van der Waals surface area contributed by atoms with Crippen LogP contribution in [0.5, 0.6) is 0 Å². The number of amides is 1. The number of carboxylic acids is 1. The highest BCUT2D eigenvalue weighted by atomic mass is 32.2. The van der Waals surface area contributed by atoms with Gasteiger partial charge >= 0.3 is 5.97 Å². The first-order valence-electron chi connectivity index (χ1n) is 12.7. The summed E-state index contributed by atoms with van der Waals surface area (Å²) in [6, 6.07) is 15.9. The molecular weight excluding hydrogens is 520 g/mol. The molecule has 1 amide bonds. The Hall–Kier alpha value is -3.50. The topological polar surface area (TPSA) is 95.2 Å². The largest absolute Gasteiger partial charge is 0.481 e. The zero-order valence-corrected chi connectivity index (χ0v) is 22.4. The van der Waals surface area contributed by atoms with Crippen LogP contribution in [-0.4, -0.2) is 55.2 Å². The number of carbonyl (C=O) groups excluding carboxylic acids is 1. The molecule has 0 bridgehead atoms. The van der Waals surface area contributed by atoms with E-state index >= 15 is 0 Å². The van der Waals surface area contributed by atoms with Crippen molar-refractivity contribution in [2.75, 3.05) is 24.5 Å². The van der Waals surface area contributed by atoms with Crippen LogP contribution in [0.25, 0.3) is 11.7 Å². The first-order chi connectivity index (χ1) is 18.4. The first kappa shape index (κ1) is 26.1. The summed E-state index contributed by atoms with van der Waals surface area (Å²) in [5.74, 6) is -0.0925. The van der Waals surface area contributed by atoms with Gasteiger partial charge in [-0.25, -0.2) is 4.98 Å². The molecule has 8 nitrogen and oxygen atoms in total. The molecule has 2 fully saturated rings. The molecule has 3 aromatic rings. The lowest BCUT2D eigenvalue weighted by Crippen LogP contribution is -2.37. The maximum atomic E-state index is 13.6. The van der Waals surface area contributed by atoms with Gasteiger partial charge in [0, 0.05) is 32.3 Å². The van der Waals surface area contributed by atoms with Crippen LogP contribution in [0.4, 0.5) is 5.82 Å². The molecule has 0 atom stereocenters. The molecule has 0 spiro atoms. The lowest BCUT2D eigenvalue weighted by atomic mass is 9.90. The first-order valence-corrected chi connectivity index (χ1v) is 13.9. The highest BCUT2D eigenvalue weighted by Gasteiger charge is 2.33. The predicted octanol–water partition coefficient (Wildman–Crippen LogP) is 4.22. The van der Waals surface area contributed by atoms with Crippen molar-refractivity contribution in [3.8, 4) is 0 Å². The van der Waals surface area contributed by atoms with Crippen molar-refractivity contribution in [1.82, 2.24) is 14.3 Å². The molecule has 2 aliphatic heterocycles. The Bertz CT molecular complexity index is 1460. The van der Waals surface area contributed by atoms with E-state index in [9.17, 15) is 14.4 Å². The second-order valence-electron chi connectivity index (χ2n) is 9.53. The Kier molecular flexibility index (Phi) is 7.90. The van der Waals surface area contributed by atoms with Crippen molar-refractivity contribution >= 4 is 57.7 Å². The van der Waals surface area contributed by atoms with Gasteiger partial charge < -0.3 is 10.0 Å². The van der Waals surface area contributed by atoms with Crippen molar-refractivity contribution in [2.45, 2.75) is 32.1 Å². The van der Waals surface area contributed by atoms with Gasteiger partial charge in [-0.2, -0.15) is 0 Å². The Balaban J connectivity index is 1.42. The fraction of sp³-hybridized carbons (Fsp3) is 0.321. The van der Waals surface area contributed by atoms with Crippen molar-refractivity contribution < 1.29 is 14.7 Å². The molecule has 5 rings (SSSR count). The third-order valence-corrected chi connectivity index (χ3v) is 8.33. The predicted molar refractivity (Wildman–Crippen MR) is 153 cm³/mol. The van der Waals surface area contributed by atoms with Gasteiger partial charge in [0.05, 0.1) is 10.5 Å². The Labute approximate surface area is 230 Å². The fourth-order valence-corrected chi connectivity index (χ4v) is 6.26. The van der Waals surface area contributed by atoms with E-state index in [1.807, 2.05) is 12.1 Å². The number of hydrogen-bond donors (Lipinski definition) is 1. The van der Waals surface area contributed by atoms with E-state index in [1.54, 1.807) is 24.4 Å². The number of carboxylic acid groups (broad SMARTS) is 1. The number of piperidine rings is 1. The summed E-state index contributed by atoms with van der Waals surface area (Å²) < 4.78 is 1.86. The van der Waals surface area contributed by atoms with Crippen LogP contribution >= 0.6 is 24.0 Å². The number of benzene rings is 1. The average Bonchev–Trinajstić information content (AvgIpc) is 3.18. The third kappa shape index (κ3) is 5.66. The number of thiocarbonyl (C=S) groups is 1. The van der Waals surface area contributed by atoms with Gasteiger partial charge in [-0.05, 0) is 55.4 Å². The monoisotopic (exact) mass is 548 g/mol. The number of pyridine rings is 1. The van der Waals surface area contributed by atoms with Gasteiger partial charge in [-0.1, -0.05) is 60.4 Å². The Morgan fingerprint density at radius 1 is 1.11 bits per heavy atom. The minimum atomic E-state index is -0.918. The van der Waals surface area contributed by atoms with Gasteiger partial charge in [0.2, 0.25) is 0 Å². The summed E-state index contributed by atoms with van der Waals surface area (Å²) >= 11 is 6.53. The number of hydrogen-bond acceptors (Lipinski definition) is 7. The molecule has 2 saturated heterocycles. The van der Waals surface area contributed by atoms with Crippen LogP contribution in [0, 0.1) is 5.92 Å². The molecule has 0 aliphatic carbocycles. The van der Waals surface area contributed by atoms with Crippen LogP contribution in [-0.2, 0) is 16.0 Å². The zero-order chi connectivity index (χ0) is 26.6. The molecular formula is C28H28N4O4S2. The van der Waals surface area contributed by atoms with Gasteiger partial charge in [0.1, 0.15) is 15.8 Å². The number of aromatic nitrogens is 2. The Morgan fingerprint density at radius 2 is 1.84 bits per heavy atom. The highest BCUT2D eigenvalue weighted by molar-refractivity contribution is 8.26. The highest BCUT2D eigenvalue weighted by Crippen LogP contribution is 2.34. The van der Waals surface area contributed by atoms with Crippen LogP contribution in [0.1, 0.15) is 36.8 Å². The van der Waals surface area contributed by atoms with E-state index in [2.05, 4.69) is 29.2 Å². The van der Waals surface area contributed by atoms with Crippen LogP contribution in [0.15, 0.2) is 64.4 Å². The van der Waals surface area contributed by atoms with Gasteiger partial charge in [-0.3, -0.25) is 23.7 Å². The fourth-order valence-electron chi connectivity index (χ4n) is 4.97. The number of fused-ring (bicyclic) bond motifs is 1. The SMILES string of the molecule is O=C(O)CCCN1C(=O)/C(=C/c2c(N3CCC(Cc4ccccc4)CC3)nc3ccccn3c2=O)SC1=S. The number of carbonyl (C=O) groups is 2. The van der Waals surface area contributed by atoms with Crippen molar-refractivity contribution in [3.05, 3.63) is 81.1 Å². The zero-order valence-electron chi connectivity index (χ0n) is 20.8. The van der Waals surface area contributed by atoms with Crippen LogP contribution in [0.3, 0.4) is 0 Å². The summed E-state index contributed by atoms with van der Waals surface area (Å²) in [6.07, 6.45) is 6.53. The third-order valence-electron chi connectivity index (χ3n) is 6.95. The summed E-state index contributed by atoms with van der Waals surface area (Å²) in [5, 5.41) is 8.93. The van der Waals surface area contributed by atoms with Gasteiger partial charge in [-0.15, -0.1) is 0 Å². The molecule has 196 valence electrons. The molecule has 38 heavy (non-hydrogen) atoms. The standard InChI is InChI=1S/C28H28N4O4S2/c33-24(34)10-6-14-32-27(36)22(38-28(32)37)18-21-25(29-23-9-4-5-13-31(23)26(21)35)30-15-11-20(12-16-30)17-19-7-2-1-3-8-19/h1-5,7-9,13,18,20H,6,10-12,14-17H2,(H,33,34)/b22-18-. The smallest absolute Gasteiger partial charge is 0.303 e. The second-order valence-corrected chi connectivity index (χ2v) is 11.2. The molecule has 1 N–H and O–H groups in total. The number of aliphatic carboxylic acids is 1. The molecule has 4 heterocycles. The van der Waals surface area contributed by atoms with E-state index in [-0.39, 0.29) is 24.4 Å². The maximum absolute atomic E-state index is 13.6. The Morgan fingerprint density at radius 3 is 2.58 bits per heavy atom. The van der Waals surface area contributed by atoms with Gasteiger partial charge in [0.15, 0.2) is 0 Å². The average molecular weight is 549 g/mol. The minimum absolute atomic E-state index is 0.0452. The summed E-state index contributed by atoms with van der Waals surface area (Å²) in [5.41, 5.74) is 2.01. The number of rotatable bonds is 8. The van der Waals surface area contributed by atoms with E-state index in [0.717, 1.165) is 44.1 Å². The summed E-state index contributed by atoms with van der Waals surface area (Å²) in [7, 11) is 0. The number of anilines is 1. The molecule has 10 heteroatoms. The molecule has 0 saturated carbocycles. The molecule has 2 aromatic heterocycles. The maximum Gasteiger partial charge on any atom is 0.303 e. The van der Waals surface area contributed by atoms with E-state index in [1.165, 1.54) is 14.9 Å². The lowest BCUT2D eigenvalue weighted by Gasteiger charge is -2.33. The minimum Gasteiger partial charge on any atom is -0.481 e. The van der Waals surface area contributed by atoms with Crippen molar-refractivity contribution in [1.29, 1.82) is 0 Å². The quantitative estimate of drug-likeness (QED) is 0.330. The molecule has 2 aliphatic rings. The van der Waals surface area contributed by atoms with Crippen molar-refractivity contribution in [2.24, 2.45) is 5.92 Å². The van der Waals surface area contributed by atoms with E-state index < -0.39 is 5.97 Å². The number of thioether (sulfide) groups is 1. The van der Waals surface area contributed by atoms with Gasteiger partial charge in [0.25, 0.3) is 11.5 Å². The van der Waals surface area contributed by atoms with E-state index in [4.69, 9.17) is 22.3 Å². The van der Waals surface area contributed by atoms with E-state index in [0.29, 0.717) is 38.6 Å². The summed E-state index contributed by atoms with van der Waals surface area (Å²) in [6.45, 7) is 1.76. The molecule has 0 radical (unpaired) electrons. The normalized spacial score (nSPS) is 17.6. The van der Waals surface area contributed by atoms with Crippen LogP contribution < -0.4 is 10.5 Å². The van der Waals surface area contributed by atoms with Crippen LogP contribution in [0.2, 0.25) is 0 Å². The lowest BCUT2D eigenvalue weighted by molar-refractivity contribution is -0.137. The summed E-state index contributed by atoms with van der Waals surface area (Å²) in [4.78, 5) is 46.4. The number of nitrogens with zero attached hydrogens (tertiary/aromatic N) is 4. The second kappa shape index (κ2) is 11.5. The molecule has 1 aromatic carbocycles. The molecule has 0 unspecified atom stereocenters.